The van der Waals surface area contributed by atoms with Gasteiger partial charge in [0.2, 0.25) is 0 Å². The lowest BCUT2D eigenvalue weighted by Crippen LogP contribution is -2.15. The van der Waals surface area contributed by atoms with Crippen LogP contribution in [0.5, 0.6) is 0 Å². The van der Waals surface area contributed by atoms with E-state index >= 15 is 0 Å². The smallest absolute Gasteiger partial charge is 0.258 e. The highest BCUT2D eigenvalue weighted by atomic mass is 35.5. The first-order chi connectivity index (χ1) is 12.3. The summed E-state index contributed by atoms with van der Waals surface area (Å²) in [5, 5.41) is 3.73. The number of carbonyl (C=O) groups excluding carboxylic acids is 1. The fraction of sp³-hybridized carbons (Fsp3) is 0.111. The molecule has 3 rings (SSSR count). The number of sulfone groups is 1. The average molecular weight is 407 g/mol. The van der Waals surface area contributed by atoms with Crippen molar-refractivity contribution in [2.45, 2.75) is 11.8 Å². The fourth-order valence-corrected chi connectivity index (χ4v) is 4.31. The number of anilines is 1. The Balaban J connectivity index is 1.90. The summed E-state index contributed by atoms with van der Waals surface area (Å²) in [5.74, 6) is -0.512. The number of carbonyl (C=O) groups is 1. The molecule has 0 saturated carbocycles. The van der Waals surface area contributed by atoms with Gasteiger partial charge in [0.05, 0.1) is 16.2 Å². The Morgan fingerprint density at radius 2 is 1.77 bits per heavy atom. The van der Waals surface area contributed by atoms with Gasteiger partial charge >= 0.3 is 0 Å². The first kappa shape index (κ1) is 18.6. The predicted molar refractivity (Wildman–Crippen MR) is 105 cm³/mol. The molecule has 0 saturated heterocycles. The van der Waals surface area contributed by atoms with Crippen molar-refractivity contribution in [2.24, 2.45) is 0 Å². The molecule has 3 aromatic rings. The molecule has 134 valence electrons. The van der Waals surface area contributed by atoms with Crippen LogP contribution in [0.1, 0.15) is 15.2 Å². The van der Waals surface area contributed by atoms with E-state index in [1.165, 1.54) is 23.5 Å². The molecule has 0 radical (unpaired) electrons. The lowest BCUT2D eigenvalue weighted by atomic mass is 10.1. The third-order valence-electron chi connectivity index (χ3n) is 3.67. The van der Waals surface area contributed by atoms with Crippen molar-refractivity contribution in [2.75, 3.05) is 11.6 Å². The zero-order valence-corrected chi connectivity index (χ0v) is 16.4. The van der Waals surface area contributed by atoms with E-state index < -0.39 is 15.7 Å². The molecule has 0 aliphatic rings. The molecule has 0 atom stereocenters. The second-order valence-electron chi connectivity index (χ2n) is 5.65. The first-order valence-corrected chi connectivity index (χ1v) is 10.7. The minimum absolute atomic E-state index is 0.0105. The molecular weight excluding hydrogens is 392 g/mol. The topological polar surface area (TPSA) is 76.1 Å². The van der Waals surface area contributed by atoms with E-state index in [-0.39, 0.29) is 10.5 Å². The molecule has 26 heavy (non-hydrogen) atoms. The number of thiazole rings is 1. The summed E-state index contributed by atoms with van der Waals surface area (Å²) in [6.45, 7) is 1.90. The molecule has 2 aromatic carbocycles. The molecule has 0 unspecified atom stereocenters. The number of benzene rings is 2. The summed E-state index contributed by atoms with van der Waals surface area (Å²) >= 11 is 7.23. The van der Waals surface area contributed by atoms with Crippen LogP contribution in [-0.4, -0.2) is 25.6 Å². The maximum absolute atomic E-state index is 12.6. The summed E-state index contributed by atoms with van der Waals surface area (Å²) in [6, 6.07) is 13.4. The lowest BCUT2D eigenvalue weighted by Gasteiger charge is -2.07. The molecule has 5 nitrogen and oxygen atoms in total. The first-order valence-electron chi connectivity index (χ1n) is 7.59. The van der Waals surface area contributed by atoms with E-state index in [2.05, 4.69) is 10.3 Å². The van der Waals surface area contributed by atoms with E-state index in [1.54, 1.807) is 24.3 Å². The molecule has 1 amide bonds. The standard InChI is InChI=1S/C18H15ClN2O3S2/c1-11-16(12-7-9-13(19)10-8-12)20-18(25-11)21-17(22)14-5-3-4-6-15(14)26(2,23)24/h3-10H,1-2H3,(H,20,21,22). The van der Waals surface area contributed by atoms with Gasteiger partial charge in [0.1, 0.15) is 0 Å². The maximum atomic E-state index is 12.6. The highest BCUT2D eigenvalue weighted by molar-refractivity contribution is 7.90. The highest BCUT2D eigenvalue weighted by Gasteiger charge is 2.19. The summed E-state index contributed by atoms with van der Waals surface area (Å²) in [6.07, 6.45) is 1.07. The van der Waals surface area contributed by atoms with E-state index in [4.69, 9.17) is 11.6 Å². The van der Waals surface area contributed by atoms with Crippen molar-refractivity contribution >= 4 is 43.8 Å². The number of aryl methyl sites for hydroxylation is 1. The van der Waals surface area contributed by atoms with Crippen molar-refractivity contribution < 1.29 is 13.2 Å². The predicted octanol–water partition coefficient (Wildman–Crippen LogP) is 4.43. The minimum atomic E-state index is -3.51. The van der Waals surface area contributed by atoms with Gasteiger partial charge in [-0.25, -0.2) is 13.4 Å². The summed E-state index contributed by atoms with van der Waals surface area (Å²) in [5.41, 5.74) is 1.73. The van der Waals surface area contributed by atoms with Crippen LogP contribution >= 0.6 is 22.9 Å². The summed E-state index contributed by atoms with van der Waals surface area (Å²) in [4.78, 5) is 17.9. The fourth-order valence-electron chi connectivity index (χ4n) is 2.47. The molecule has 1 aromatic heterocycles. The van der Waals surface area contributed by atoms with Gasteiger partial charge in [0, 0.05) is 21.7 Å². The van der Waals surface area contributed by atoms with Gasteiger partial charge in [-0.15, -0.1) is 11.3 Å². The Morgan fingerprint density at radius 3 is 2.42 bits per heavy atom. The van der Waals surface area contributed by atoms with Crippen molar-refractivity contribution in [1.82, 2.24) is 4.98 Å². The third-order valence-corrected chi connectivity index (χ3v) is 5.96. The van der Waals surface area contributed by atoms with Crippen LogP contribution in [-0.2, 0) is 9.84 Å². The van der Waals surface area contributed by atoms with Crippen LogP contribution in [0.3, 0.4) is 0 Å². The van der Waals surface area contributed by atoms with E-state index in [0.29, 0.717) is 10.2 Å². The highest BCUT2D eigenvalue weighted by Crippen LogP contribution is 2.31. The van der Waals surface area contributed by atoms with Gasteiger partial charge in [-0.05, 0) is 31.2 Å². The summed E-state index contributed by atoms with van der Waals surface area (Å²) in [7, 11) is -3.51. The zero-order chi connectivity index (χ0) is 18.9. The number of nitrogens with zero attached hydrogens (tertiary/aromatic N) is 1. The Labute approximate surface area is 160 Å². The van der Waals surface area contributed by atoms with Gasteiger partial charge in [-0.2, -0.15) is 0 Å². The van der Waals surface area contributed by atoms with Gasteiger partial charge < -0.3 is 0 Å². The number of hydrogen-bond donors (Lipinski definition) is 1. The molecule has 0 spiro atoms. The molecule has 8 heteroatoms. The maximum Gasteiger partial charge on any atom is 0.258 e. The Hall–Kier alpha value is -2.22. The van der Waals surface area contributed by atoms with Crippen LogP contribution < -0.4 is 5.32 Å². The van der Waals surface area contributed by atoms with Crippen LogP contribution in [0.4, 0.5) is 5.13 Å². The van der Waals surface area contributed by atoms with Crippen LogP contribution in [0.2, 0.25) is 5.02 Å². The molecule has 0 bridgehead atoms. The average Bonchev–Trinajstić information content (AvgIpc) is 2.95. The van der Waals surface area contributed by atoms with Gasteiger partial charge in [0.15, 0.2) is 15.0 Å². The van der Waals surface area contributed by atoms with Crippen LogP contribution in [0.25, 0.3) is 11.3 Å². The number of aromatic nitrogens is 1. The molecule has 0 aliphatic carbocycles. The Bertz CT molecular complexity index is 1070. The molecule has 0 aliphatic heterocycles. The number of hydrogen-bond acceptors (Lipinski definition) is 5. The quantitative estimate of drug-likeness (QED) is 0.695. The van der Waals surface area contributed by atoms with E-state index in [0.717, 1.165) is 22.4 Å². The number of halogens is 1. The molecule has 0 fully saturated rings. The normalized spacial score (nSPS) is 11.3. The van der Waals surface area contributed by atoms with Crippen molar-refractivity contribution in [1.29, 1.82) is 0 Å². The van der Waals surface area contributed by atoms with Crippen molar-refractivity contribution in [3.05, 3.63) is 64.0 Å². The zero-order valence-electron chi connectivity index (χ0n) is 14.0. The van der Waals surface area contributed by atoms with Gasteiger partial charge in [0.25, 0.3) is 5.91 Å². The van der Waals surface area contributed by atoms with Crippen molar-refractivity contribution in [3.8, 4) is 11.3 Å². The minimum Gasteiger partial charge on any atom is -0.298 e. The van der Waals surface area contributed by atoms with Crippen LogP contribution in [0, 0.1) is 6.92 Å². The third kappa shape index (κ3) is 3.95. The summed E-state index contributed by atoms with van der Waals surface area (Å²) < 4.78 is 23.8. The Kier molecular flexibility index (Phi) is 5.13. The molecule has 1 N–H and O–H groups in total. The monoisotopic (exact) mass is 406 g/mol. The number of rotatable bonds is 4. The second-order valence-corrected chi connectivity index (χ2v) is 9.28. The molecular formula is C18H15ClN2O3S2. The van der Waals surface area contributed by atoms with E-state index in [9.17, 15) is 13.2 Å². The number of nitrogens with one attached hydrogen (secondary N) is 1. The largest absolute Gasteiger partial charge is 0.298 e. The lowest BCUT2D eigenvalue weighted by molar-refractivity contribution is 0.102. The molecule has 1 heterocycles. The SMILES string of the molecule is Cc1sc(NC(=O)c2ccccc2S(C)(=O)=O)nc1-c1ccc(Cl)cc1. The number of amides is 1. The second kappa shape index (κ2) is 7.19. The van der Waals surface area contributed by atoms with Gasteiger partial charge in [-0.1, -0.05) is 35.9 Å². The Morgan fingerprint density at radius 1 is 1.12 bits per heavy atom. The van der Waals surface area contributed by atoms with Crippen molar-refractivity contribution in [3.63, 3.8) is 0 Å². The van der Waals surface area contributed by atoms with Crippen LogP contribution in [0.15, 0.2) is 53.4 Å². The van der Waals surface area contributed by atoms with E-state index in [1.807, 2.05) is 19.1 Å². The van der Waals surface area contributed by atoms with Gasteiger partial charge in [-0.3, -0.25) is 10.1 Å².